The van der Waals surface area contributed by atoms with Crippen LogP contribution in [-0.2, 0) is 4.74 Å². The molecule has 0 bridgehead atoms. The number of amides is 1. The van der Waals surface area contributed by atoms with Crippen LogP contribution in [0.3, 0.4) is 0 Å². The van der Waals surface area contributed by atoms with Gasteiger partial charge in [-0.1, -0.05) is 0 Å². The van der Waals surface area contributed by atoms with Crippen LogP contribution in [0.4, 0.5) is 8.78 Å². The number of benzene rings is 1. The Kier molecular flexibility index (Phi) is 5.59. The van der Waals surface area contributed by atoms with Gasteiger partial charge in [0.1, 0.15) is 5.75 Å². The zero-order chi connectivity index (χ0) is 17.0. The van der Waals surface area contributed by atoms with E-state index < -0.39 is 12.7 Å². The molecule has 0 spiro atoms. The topological polar surface area (TPSA) is 57.2 Å². The quantitative estimate of drug-likeness (QED) is 0.800. The molecule has 0 aliphatic carbocycles. The number of alkyl halides is 2. The van der Waals surface area contributed by atoms with Crippen molar-refractivity contribution in [1.82, 2.24) is 4.90 Å². The highest BCUT2D eigenvalue weighted by molar-refractivity contribution is 5.98. The Morgan fingerprint density at radius 2 is 1.74 bits per heavy atom. The molecular weight excluding hydrogens is 312 g/mol. The summed E-state index contributed by atoms with van der Waals surface area (Å²) in [5.41, 5.74) is 0.280. The largest absolute Gasteiger partial charge is 0.496 e. The summed E-state index contributed by atoms with van der Waals surface area (Å²) in [6, 6.07) is 3.07. The van der Waals surface area contributed by atoms with E-state index in [4.69, 9.17) is 14.2 Å². The molecule has 1 aliphatic rings. The number of hydrogen-bond acceptors (Lipinski definition) is 5. The Hall–Kier alpha value is -2.09. The molecule has 0 saturated carbocycles. The number of rotatable bonds is 6. The third-order valence-electron chi connectivity index (χ3n) is 3.66. The number of likely N-dealkylation sites (tertiary alicyclic amines) is 1. The van der Waals surface area contributed by atoms with Crippen LogP contribution in [-0.4, -0.2) is 57.9 Å². The average Bonchev–Trinajstić information content (AvgIpc) is 3.00. The van der Waals surface area contributed by atoms with Crippen LogP contribution in [0.1, 0.15) is 16.8 Å². The highest BCUT2D eigenvalue weighted by Crippen LogP contribution is 2.35. The van der Waals surface area contributed by atoms with Gasteiger partial charge in [-0.05, 0) is 6.42 Å². The molecule has 1 aromatic carbocycles. The molecule has 0 radical (unpaired) electrons. The molecule has 1 fully saturated rings. The Bertz CT molecular complexity index is 567. The van der Waals surface area contributed by atoms with Crippen molar-refractivity contribution in [2.45, 2.75) is 19.1 Å². The second-order valence-corrected chi connectivity index (χ2v) is 4.97. The summed E-state index contributed by atoms with van der Waals surface area (Å²) in [5.74, 6) is 0.812. The van der Waals surface area contributed by atoms with Crippen molar-refractivity contribution in [3.05, 3.63) is 17.7 Å². The number of carbonyl (C=O) groups is 1. The summed E-state index contributed by atoms with van der Waals surface area (Å²) < 4.78 is 44.6. The molecule has 1 aliphatic heterocycles. The maximum absolute atomic E-state index is 12.6. The van der Waals surface area contributed by atoms with Gasteiger partial charge < -0.3 is 23.8 Å². The summed E-state index contributed by atoms with van der Waals surface area (Å²) in [7, 11) is 4.37. The normalized spacial score (nSPS) is 17.5. The number of hydrogen-bond donors (Lipinski definition) is 0. The molecule has 1 atom stereocenters. The van der Waals surface area contributed by atoms with E-state index in [1.807, 2.05) is 0 Å². The maximum Gasteiger partial charge on any atom is 0.345 e. The molecular formula is C15H19F2NO5. The lowest BCUT2D eigenvalue weighted by atomic mass is 10.1. The van der Waals surface area contributed by atoms with Crippen LogP contribution in [0, 0.1) is 0 Å². The molecule has 2 rings (SSSR count). The van der Waals surface area contributed by atoms with Crippen molar-refractivity contribution >= 4 is 5.91 Å². The lowest BCUT2D eigenvalue weighted by molar-refractivity contribution is -0.158. The molecule has 0 aromatic heterocycles. The van der Waals surface area contributed by atoms with Crippen molar-refractivity contribution in [3.63, 3.8) is 0 Å². The van der Waals surface area contributed by atoms with Gasteiger partial charge in [-0.2, -0.15) is 8.78 Å². The van der Waals surface area contributed by atoms with E-state index in [9.17, 15) is 13.6 Å². The van der Waals surface area contributed by atoms with E-state index in [2.05, 4.69) is 4.74 Å². The van der Waals surface area contributed by atoms with Crippen LogP contribution in [0.5, 0.6) is 17.2 Å². The van der Waals surface area contributed by atoms with E-state index in [0.717, 1.165) is 0 Å². The Balaban J connectivity index is 2.22. The fourth-order valence-electron chi connectivity index (χ4n) is 2.54. The molecule has 6 nitrogen and oxygen atoms in total. The first-order valence-electron chi connectivity index (χ1n) is 7.03. The molecule has 0 unspecified atom stereocenters. The van der Waals surface area contributed by atoms with Crippen molar-refractivity contribution < 1.29 is 32.5 Å². The van der Waals surface area contributed by atoms with E-state index in [0.29, 0.717) is 30.2 Å². The van der Waals surface area contributed by atoms with E-state index in [1.54, 1.807) is 6.07 Å². The number of ether oxygens (including phenoxy) is 4. The van der Waals surface area contributed by atoms with Crippen LogP contribution in [0.25, 0.3) is 0 Å². The van der Waals surface area contributed by atoms with Gasteiger partial charge in [-0.3, -0.25) is 4.79 Å². The molecule has 1 amide bonds. The fraction of sp³-hybridized carbons (Fsp3) is 0.533. The van der Waals surface area contributed by atoms with E-state index in [1.165, 1.54) is 32.3 Å². The van der Waals surface area contributed by atoms with Crippen molar-refractivity contribution in [2.24, 2.45) is 0 Å². The summed E-state index contributed by atoms with van der Waals surface area (Å²) >= 11 is 0. The monoisotopic (exact) mass is 331 g/mol. The van der Waals surface area contributed by atoms with Gasteiger partial charge in [0.2, 0.25) is 0 Å². The first kappa shape index (κ1) is 17.3. The summed E-state index contributed by atoms with van der Waals surface area (Å²) in [4.78, 5) is 14.1. The highest BCUT2D eigenvalue weighted by atomic mass is 19.3. The zero-order valence-corrected chi connectivity index (χ0v) is 13.2. The Morgan fingerprint density at radius 3 is 2.30 bits per heavy atom. The molecule has 128 valence electrons. The minimum absolute atomic E-state index is 0.112. The first-order valence-corrected chi connectivity index (χ1v) is 7.03. The third kappa shape index (κ3) is 3.82. The molecule has 1 heterocycles. The second-order valence-electron chi connectivity index (χ2n) is 4.97. The van der Waals surface area contributed by atoms with E-state index in [-0.39, 0.29) is 18.0 Å². The smallest absolute Gasteiger partial charge is 0.345 e. The number of methoxy groups -OCH3 is 3. The number of halogens is 2. The molecule has 8 heteroatoms. The minimum atomic E-state index is -2.84. The predicted octanol–water partition coefficient (Wildman–Crippen LogP) is 2.17. The SMILES string of the molecule is COc1cc(OC)c(C(=O)N2CC[C@H](OC(F)F)C2)cc1OC. The summed E-state index contributed by atoms with van der Waals surface area (Å²) in [6.07, 6.45) is -0.295. The van der Waals surface area contributed by atoms with Crippen LogP contribution >= 0.6 is 0 Å². The maximum atomic E-state index is 12.6. The summed E-state index contributed by atoms with van der Waals surface area (Å²) in [6.45, 7) is -2.39. The van der Waals surface area contributed by atoms with Gasteiger partial charge >= 0.3 is 6.61 Å². The standard InChI is InChI=1S/C15H19F2NO5/c1-20-11-7-13(22-3)12(21-2)6-10(11)14(19)18-5-4-9(8-18)23-15(16)17/h6-7,9,15H,4-5,8H2,1-3H3/t9-/m0/s1. The minimum Gasteiger partial charge on any atom is -0.496 e. The second kappa shape index (κ2) is 7.45. The lowest BCUT2D eigenvalue weighted by Gasteiger charge is -2.19. The predicted molar refractivity (Wildman–Crippen MR) is 77.5 cm³/mol. The van der Waals surface area contributed by atoms with Gasteiger partial charge in [-0.25, -0.2) is 0 Å². The van der Waals surface area contributed by atoms with Gasteiger partial charge in [0.15, 0.2) is 11.5 Å². The van der Waals surface area contributed by atoms with Crippen molar-refractivity contribution in [1.29, 1.82) is 0 Å². The van der Waals surface area contributed by atoms with Crippen molar-refractivity contribution in [3.8, 4) is 17.2 Å². The summed E-state index contributed by atoms with van der Waals surface area (Å²) in [5, 5.41) is 0. The van der Waals surface area contributed by atoms with Crippen LogP contribution in [0.2, 0.25) is 0 Å². The van der Waals surface area contributed by atoms with Gasteiger partial charge in [0.25, 0.3) is 5.91 Å². The Labute approximate surface area is 132 Å². The Morgan fingerprint density at radius 1 is 1.13 bits per heavy atom. The van der Waals surface area contributed by atoms with Gasteiger partial charge in [-0.15, -0.1) is 0 Å². The molecule has 1 saturated heterocycles. The molecule has 0 N–H and O–H groups in total. The molecule has 23 heavy (non-hydrogen) atoms. The van der Waals surface area contributed by atoms with E-state index >= 15 is 0 Å². The number of carbonyl (C=O) groups excluding carboxylic acids is 1. The zero-order valence-electron chi connectivity index (χ0n) is 13.2. The lowest BCUT2D eigenvalue weighted by Crippen LogP contribution is -2.31. The van der Waals surface area contributed by atoms with Crippen LogP contribution < -0.4 is 14.2 Å². The average molecular weight is 331 g/mol. The number of nitrogens with zero attached hydrogens (tertiary/aromatic N) is 1. The van der Waals surface area contributed by atoms with Gasteiger partial charge in [0.05, 0.1) is 33.0 Å². The van der Waals surface area contributed by atoms with Gasteiger partial charge in [0, 0.05) is 25.2 Å². The highest BCUT2D eigenvalue weighted by Gasteiger charge is 2.31. The molecule has 1 aromatic rings. The first-order chi connectivity index (χ1) is 11.0. The third-order valence-corrected chi connectivity index (χ3v) is 3.66. The fourth-order valence-corrected chi connectivity index (χ4v) is 2.54. The van der Waals surface area contributed by atoms with Crippen molar-refractivity contribution in [2.75, 3.05) is 34.4 Å². The van der Waals surface area contributed by atoms with Crippen LogP contribution in [0.15, 0.2) is 12.1 Å².